The minimum Gasteiger partial charge on any atom is -0.397 e. The molecule has 1 aromatic carbocycles. The first kappa shape index (κ1) is 15.5. The van der Waals surface area contributed by atoms with Crippen LogP contribution in [0.25, 0.3) is 0 Å². The fraction of sp³-hybridized carbons (Fsp3) is 0.538. The lowest BCUT2D eigenvalue weighted by molar-refractivity contribution is 0.114. The van der Waals surface area contributed by atoms with E-state index >= 15 is 0 Å². The molecule has 0 bridgehead atoms. The molecule has 0 saturated carbocycles. The van der Waals surface area contributed by atoms with Gasteiger partial charge in [0.25, 0.3) is 0 Å². The number of halogens is 2. The monoisotopic (exact) mass is 366 g/mol. The number of rotatable bonds is 6. The van der Waals surface area contributed by atoms with Crippen LogP contribution in [0.15, 0.2) is 12.1 Å². The van der Waals surface area contributed by atoms with E-state index in [1.54, 1.807) is 6.07 Å². The number of hydrogen-bond acceptors (Lipinski definition) is 3. The summed E-state index contributed by atoms with van der Waals surface area (Å²) in [6, 6.07) is 2.96. The van der Waals surface area contributed by atoms with Gasteiger partial charge in [-0.1, -0.05) is 26.7 Å². The van der Waals surface area contributed by atoms with Crippen LogP contribution in [0, 0.1) is 15.3 Å². The fourth-order valence-corrected chi connectivity index (χ4v) is 2.42. The van der Waals surface area contributed by atoms with Gasteiger partial charge < -0.3 is 16.2 Å². The SMILES string of the molecule is CCC(CC)C(O)CNc1cc(F)c(I)cc1N. The normalized spacial score (nSPS) is 12.8. The van der Waals surface area contributed by atoms with E-state index in [2.05, 4.69) is 19.2 Å². The van der Waals surface area contributed by atoms with Gasteiger partial charge in [0.05, 0.1) is 21.0 Å². The van der Waals surface area contributed by atoms with Crippen LogP contribution in [0.2, 0.25) is 0 Å². The molecule has 0 aliphatic heterocycles. The van der Waals surface area contributed by atoms with E-state index < -0.39 is 6.10 Å². The second-order valence-corrected chi connectivity index (χ2v) is 5.54. The molecule has 0 aliphatic rings. The molecule has 1 rings (SSSR count). The summed E-state index contributed by atoms with van der Waals surface area (Å²) in [6.07, 6.45) is 1.41. The van der Waals surface area contributed by atoms with Gasteiger partial charge >= 0.3 is 0 Å². The average Bonchev–Trinajstić information content (AvgIpc) is 2.33. The van der Waals surface area contributed by atoms with Crippen molar-refractivity contribution in [3.63, 3.8) is 0 Å². The van der Waals surface area contributed by atoms with Gasteiger partial charge in [0.2, 0.25) is 0 Å². The molecule has 1 aromatic rings. The summed E-state index contributed by atoms with van der Waals surface area (Å²) in [7, 11) is 0. The number of nitrogens with two attached hydrogens (primary N) is 1. The second-order valence-electron chi connectivity index (χ2n) is 4.38. The predicted octanol–water partition coefficient (Wildman–Crippen LogP) is 3.22. The zero-order valence-electron chi connectivity index (χ0n) is 10.7. The number of nitrogen functional groups attached to an aromatic ring is 1. The lowest BCUT2D eigenvalue weighted by atomic mass is 9.96. The molecule has 0 amide bonds. The van der Waals surface area contributed by atoms with E-state index in [0.717, 1.165) is 12.8 Å². The van der Waals surface area contributed by atoms with Gasteiger partial charge in [-0.15, -0.1) is 0 Å². The minimum absolute atomic E-state index is 0.257. The van der Waals surface area contributed by atoms with Crippen molar-refractivity contribution >= 4 is 34.0 Å². The Kier molecular flexibility index (Phi) is 6.14. The van der Waals surface area contributed by atoms with Gasteiger partial charge in [0, 0.05) is 12.6 Å². The van der Waals surface area contributed by atoms with Crippen molar-refractivity contribution in [1.29, 1.82) is 0 Å². The predicted molar refractivity (Wildman–Crippen MR) is 82.1 cm³/mol. The molecule has 0 spiro atoms. The Morgan fingerprint density at radius 1 is 1.39 bits per heavy atom. The lowest BCUT2D eigenvalue weighted by Gasteiger charge is -2.21. The summed E-state index contributed by atoms with van der Waals surface area (Å²) < 4.78 is 13.9. The molecule has 3 nitrogen and oxygen atoms in total. The summed E-state index contributed by atoms with van der Waals surface area (Å²) in [5, 5.41) is 13.0. The highest BCUT2D eigenvalue weighted by Crippen LogP contribution is 2.24. The Balaban J connectivity index is 2.66. The van der Waals surface area contributed by atoms with Crippen molar-refractivity contribution in [2.45, 2.75) is 32.8 Å². The molecule has 0 heterocycles. The van der Waals surface area contributed by atoms with E-state index in [1.807, 2.05) is 22.6 Å². The van der Waals surface area contributed by atoms with Crippen molar-refractivity contribution in [3.05, 3.63) is 21.5 Å². The van der Waals surface area contributed by atoms with Crippen molar-refractivity contribution in [3.8, 4) is 0 Å². The van der Waals surface area contributed by atoms with Crippen LogP contribution in [0.1, 0.15) is 26.7 Å². The number of hydrogen-bond donors (Lipinski definition) is 3. The van der Waals surface area contributed by atoms with Crippen molar-refractivity contribution in [2.24, 2.45) is 5.92 Å². The summed E-state index contributed by atoms with van der Waals surface area (Å²) >= 11 is 1.90. The van der Waals surface area contributed by atoms with Gasteiger partial charge in [-0.25, -0.2) is 4.39 Å². The van der Waals surface area contributed by atoms with Crippen LogP contribution in [-0.4, -0.2) is 17.8 Å². The molecule has 18 heavy (non-hydrogen) atoms. The largest absolute Gasteiger partial charge is 0.397 e. The first-order valence-corrected chi connectivity index (χ1v) is 7.23. The molecule has 102 valence electrons. The third-order valence-corrected chi connectivity index (χ3v) is 4.01. The van der Waals surface area contributed by atoms with Crippen LogP contribution in [-0.2, 0) is 0 Å². The smallest absolute Gasteiger partial charge is 0.138 e. The lowest BCUT2D eigenvalue weighted by Crippen LogP contribution is -2.28. The molecular formula is C13H20FIN2O. The molecule has 0 saturated heterocycles. The van der Waals surface area contributed by atoms with Crippen molar-refractivity contribution < 1.29 is 9.50 Å². The highest BCUT2D eigenvalue weighted by Gasteiger charge is 2.15. The van der Waals surface area contributed by atoms with E-state index in [-0.39, 0.29) is 11.7 Å². The molecule has 1 unspecified atom stereocenters. The number of benzene rings is 1. The molecule has 4 N–H and O–H groups in total. The summed E-state index contributed by atoms with van der Waals surface area (Å²) in [5.41, 5.74) is 6.84. The minimum atomic E-state index is -0.443. The quantitative estimate of drug-likeness (QED) is 0.535. The van der Waals surface area contributed by atoms with Crippen LogP contribution >= 0.6 is 22.6 Å². The highest BCUT2D eigenvalue weighted by molar-refractivity contribution is 14.1. The number of anilines is 2. The second kappa shape index (κ2) is 7.13. The molecule has 0 fully saturated rings. The van der Waals surface area contributed by atoms with Gasteiger partial charge in [-0.05, 0) is 34.6 Å². The molecule has 5 heteroatoms. The van der Waals surface area contributed by atoms with Crippen LogP contribution < -0.4 is 11.1 Å². The zero-order valence-corrected chi connectivity index (χ0v) is 12.9. The Morgan fingerprint density at radius 3 is 2.56 bits per heavy atom. The molecule has 0 aliphatic carbocycles. The summed E-state index contributed by atoms with van der Waals surface area (Å²) in [5.74, 6) is -0.0447. The van der Waals surface area contributed by atoms with E-state index in [1.165, 1.54) is 6.07 Å². The van der Waals surface area contributed by atoms with Crippen LogP contribution in [0.4, 0.5) is 15.8 Å². The van der Waals surface area contributed by atoms with Gasteiger partial charge in [-0.2, -0.15) is 0 Å². The maximum Gasteiger partial charge on any atom is 0.138 e. The number of aliphatic hydroxyl groups is 1. The topological polar surface area (TPSA) is 58.3 Å². The third-order valence-electron chi connectivity index (χ3n) is 3.19. The first-order valence-electron chi connectivity index (χ1n) is 6.16. The Bertz CT molecular complexity index is 397. The Hall–Kier alpha value is -0.560. The molecular weight excluding hydrogens is 346 g/mol. The average molecular weight is 366 g/mol. The number of nitrogens with one attached hydrogen (secondary N) is 1. The fourth-order valence-electron chi connectivity index (χ4n) is 1.93. The Labute approximate surface area is 121 Å². The molecule has 0 radical (unpaired) electrons. The standard InChI is InChI=1S/C13H20FIN2O/c1-3-8(4-2)13(18)7-17-12-5-9(14)10(15)6-11(12)16/h5-6,8,13,17-18H,3-4,7,16H2,1-2H3. The molecule has 1 atom stereocenters. The van der Waals surface area contributed by atoms with Gasteiger partial charge in [0.15, 0.2) is 0 Å². The Morgan fingerprint density at radius 2 is 2.00 bits per heavy atom. The van der Waals surface area contributed by atoms with Crippen molar-refractivity contribution in [1.82, 2.24) is 0 Å². The van der Waals surface area contributed by atoms with Crippen molar-refractivity contribution in [2.75, 3.05) is 17.6 Å². The maximum atomic E-state index is 13.4. The zero-order chi connectivity index (χ0) is 13.7. The van der Waals surface area contributed by atoms with Gasteiger partial charge in [0.1, 0.15) is 5.82 Å². The molecule has 0 aromatic heterocycles. The van der Waals surface area contributed by atoms with E-state index in [4.69, 9.17) is 5.73 Å². The summed E-state index contributed by atoms with van der Waals surface area (Å²) in [4.78, 5) is 0. The summed E-state index contributed by atoms with van der Waals surface area (Å²) in [6.45, 7) is 4.49. The third kappa shape index (κ3) is 3.98. The number of aliphatic hydroxyl groups excluding tert-OH is 1. The maximum absolute atomic E-state index is 13.4. The van der Waals surface area contributed by atoms with Crippen LogP contribution in [0.5, 0.6) is 0 Å². The van der Waals surface area contributed by atoms with Crippen LogP contribution in [0.3, 0.4) is 0 Å². The van der Waals surface area contributed by atoms with Gasteiger partial charge in [-0.3, -0.25) is 0 Å². The first-order chi connectivity index (χ1) is 8.49. The highest BCUT2D eigenvalue weighted by atomic mass is 127. The van der Waals surface area contributed by atoms with E-state index in [0.29, 0.717) is 21.5 Å². The van der Waals surface area contributed by atoms with E-state index in [9.17, 15) is 9.50 Å².